The highest BCUT2D eigenvalue weighted by atomic mass is 35.5. The van der Waals surface area contributed by atoms with Crippen LogP contribution in [0.2, 0.25) is 10.0 Å². The maximum atomic E-state index is 11.0. The van der Waals surface area contributed by atoms with E-state index < -0.39 is 5.97 Å². The van der Waals surface area contributed by atoms with Crippen LogP contribution >= 0.6 is 23.2 Å². The fourth-order valence-corrected chi connectivity index (χ4v) is 1.84. The first-order chi connectivity index (χ1) is 9.58. The van der Waals surface area contributed by atoms with Gasteiger partial charge in [-0.1, -0.05) is 41.4 Å². The Balaban J connectivity index is 2.14. The molecule has 102 valence electrons. The van der Waals surface area contributed by atoms with E-state index >= 15 is 0 Å². The molecular formula is C14H10Cl2N2O2. The number of carboxylic acid groups (broad SMARTS) is 1. The molecule has 0 saturated heterocycles. The van der Waals surface area contributed by atoms with Crippen LogP contribution in [0.4, 0.5) is 5.69 Å². The number of benzene rings is 2. The molecule has 20 heavy (non-hydrogen) atoms. The predicted molar refractivity (Wildman–Crippen MR) is 81.1 cm³/mol. The summed E-state index contributed by atoms with van der Waals surface area (Å²) in [4.78, 5) is 11.0. The predicted octanol–water partition coefficient (Wildman–Crippen LogP) is 4.14. The Morgan fingerprint density at radius 2 is 1.90 bits per heavy atom. The summed E-state index contributed by atoms with van der Waals surface area (Å²) in [7, 11) is 0. The fourth-order valence-electron chi connectivity index (χ4n) is 1.54. The van der Waals surface area contributed by atoms with E-state index in [1.807, 2.05) is 0 Å². The quantitative estimate of drug-likeness (QED) is 0.659. The zero-order chi connectivity index (χ0) is 14.5. The summed E-state index contributed by atoms with van der Waals surface area (Å²) in [6.07, 6.45) is 1.53. The number of para-hydroxylation sites is 1. The lowest BCUT2D eigenvalue weighted by molar-refractivity contribution is 0.0698. The number of nitrogens with one attached hydrogen (secondary N) is 1. The van der Waals surface area contributed by atoms with Gasteiger partial charge in [0.15, 0.2) is 0 Å². The second-order valence-electron chi connectivity index (χ2n) is 3.89. The second kappa shape index (κ2) is 6.41. The van der Waals surface area contributed by atoms with Crippen molar-refractivity contribution in [3.8, 4) is 0 Å². The number of anilines is 1. The summed E-state index contributed by atoms with van der Waals surface area (Å²) < 4.78 is 0. The molecule has 0 aliphatic carbocycles. The van der Waals surface area contributed by atoms with Crippen molar-refractivity contribution in [3.05, 3.63) is 63.6 Å². The van der Waals surface area contributed by atoms with Crippen molar-refractivity contribution in [2.45, 2.75) is 0 Å². The number of hydrogen-bond donors (Lipinski definition) is 2. The van der Waals surface area contributed by atoms with E-state index in [9.17, 15) is 4.79 Å². The normalized spacial score (nSPS) is 10.7. The molecule has 0 aliphatic rings. The number of carbonyl (C=O) groups is 1. The molecule has 2 rings (SSSR count). The lowest BCUT2D eigenvalue weighted by Gasteiger charge is -2.04. The minimum absolute atomic E-state index is 0.152. The van der Waals surface area contributed by atoms with Crippen molar-refractivity contribution in [3.63, 3.8) is 0 Å². The Bertz CT molecular complexity index is 672. The van der Waals surface area contributed by atoms with E-state index in [4.69, 9.17) is 28.3 Å². The van der Waals surface area contributed by atoms with Crippen LogP contribution in [0, 0.1) is 0 Å². The summed E-state index contributed by atoms with van der Waals surface area (Å²) in [5.41, 5.74) is 4.00. The van der Waals surface area contributed by atoms with Gasteiger partial charge >= 0.3 is 5.97 Å². The number of nitrogens with zero attached hydrogens (tertiary/aromatic N) is 1. The summed E-state index contributed by atoms with van der Waals surface area (Å²) in [5, 5.41) is 13.9. The molecule has 2 aromatic carbocycles. The Hall–Kier alpha value is -2.04. The second-order valence-corrected chi connectivity index (χ2v) is 4.71. The summed E-state index contributed by atoms with van der Waals surface area (Å²) in [6, 6.07) is 11.6. The van der Waals surface area contributed by atoms with Gasteiger partial charge < -0.3 is 5.11 Å². The van der Waals surface area contributed by atoms with E-state index in [1.165, 1.54) is 12.3 Å². The van der Waals surface area contributed by atoms with Gasteiger partial charge in [-0.2, -0.15) is 5.10 Å². The maximum absolute atomic E-state index is 11.0. The first-order valence-corrected chi connectivity index (χ1v) is 6.40. The number of carboxylic acids is 1. The molecule has 0 atom stereocenters. The zero-order valence-corrected chi connectivity index (χ0v) is 11.7. The molecule has 2 N–H and O–H groups in total. The zero-order valence-electron chi connectivity index (χ0n) is 10.2. The van der Waals surface area contributed by atoms with Crippen molar-refractivity contribution in [2.24, 2.45) is 5.10 Å². The maximum Gasteiger partial charge on any atom is 0.337 e. The van der Waals surface area contributed by atoms with Crippen LogP contribution < -0.4 is 5.43 Å². The number of halogens is 2. The molecule has 4 nitrogen and oxygen atoms in total. The van der Waals surface area contributed by atoms with Gasteiger partial charge in [0.1, 0.15) is 0 Å². The minimum atomic E-state index is -1.02. The van der Waals surface area contributed by atoms with Gasteiger partial charge in [-0.05, 0) is 29.8 Å². The Labute approximate surface area is 125 Å². The fraction of sp³-hybridized carbons (Fsp3) is 0. The molecule has 0 saturated carbocycles. The molecule has 0 fully saturated rings. The monoisotopic (exact) mass is 308 g/mol. The van der Waals surface area contributed by atoms with E-state index in [2.05, 4.69) is 10.5 Å². The van der Waals surface area contributed by atoms with Crippen LogP contribution in [0.1, 0.15) is 15.9 Å². The highest BCUT2D eigenvalue weighted by molar-refractivity contribution is 6.42. The van der Waals surface area contributed by atoms with Gasteiger partial charge in [0.05, 0.1) is 27.5 Å². The summed E-state index contributed by atoms with van der Waals surface area (Å²) >= 11 is 11.7. The number of rotatable bonds is 4. The average molecular weight is 309 g/mol. The summed E-state index contributed by atoms with van der Waals surface area (Å²) in [5.74, 6) is -1.02. The van der Waals surface area contributed by atoms with Crippen molar-refractivity contribution in [1.82, 2.24) is 0 Å². The Kier molecular flexibility index (Phi) is 4.61. The lowest BCUT2D eigenvalue weighted by Crippen LogP contribution is -2.02. The third kappa shape index (κ3) is 3.50. The Morgan fingerprint density at radius 3 is 2.60 bits per heavy atom. The van der Waals surface area contributed by atoms with Crippen molar-refractivity contribution < 1.29 is 9.90 Å². The molecule has 0 unspecified atom stereocenters. The van der Waals surface area contributed by atoms with Crippen LogP contribution in [0.3, 0.4) is 0 Å². The molecule has 0 bridgehead atoms. The van der Waals surface area contributed by atoms with Crippen LogP contribution in [0.25, 0.3) is 0 Å². The molecule has 0 spiro atoms. The molecule has 2 aromatic rings. The third-order valence-corrected chi connectivity index (χ3v) is 3.24. The standard InChI is InChI=1S/C14H10Cl2N2O2/c15-11-6-5-9(7-12(11)16)8-17-18-13-4-2-1-3-10(13)14(19)20/h1-8,18H,(H,19,20). The van der Waals surface area contributed by atoms with E-state index in [0.29, 0.717) is 15.7 Å². The smallest absolute Gasteiger partial charge is 0.337 e. The summed E-state index contributed by atoms with van der Waals surface area (Å²) in [6.45, 7) is 0. The molecule has 0 amide bonds. The SMILES string of the molecule is O=C(O)c1ccccc1NN=Cc1ccc(Cl)c(Cl)c1. The highest BCUT2D eigenvalue weighted by Gasteiger charge is 2.07. The van der Waals surface area contributed by atoms with Gasteiger partial charge in [-0.25, -0.2) is 4.79 Å². The van der Waals surface area contributed by atoms with Gasteiger partial charge in [0.25, 0.3) is 0 Å². The molecular weight excluding hydrogens is 299 g/mol. The van der Waals surface area contributed by atoms with Crippen LogP contribution in [0.15, 0.2) is 47.6 Å². The average Bonchev–Trinajstić information content (AvgIpc) is 2.43. The molecule has 6 heteroatoms. The Morgan fingerprint density at radius 1 is 1.15 bits per heavy atom. The molecule has 0 aromatic heterocycles. The van der Waals surface area contributed by atoms with E-state index in [1.54, 1.807) is 36.4 Å². The minimum Gasteiger partial charge on any atom is -0.478 e. The van der Waals surface area contributed by atoms with Gasteiger partial charge in [0, 0.05) is 0 Å². The third-order valence-electron chi connectivity index (χ3n) is 2.50. The number of hydrogen-bond acceptors (Lipinski definition) is 3. The van der Waals surface area contributed by atoms with Gasteiger partial charge in [0.2, 0.25) is 0 Å². The topological polar surface area (TPSA) is 61.7 Å². The van der Waals surface area contributed by atoms with Gasteiger partial charge in [-0.15, -0.1) is 0 Å². The van der Waals surface area contributed by atoms with Crippen LogP contribution in [-0.2, 0) is 0 Å². The molecule has 0 aliphatic heterocycles. The number of aromatic carboxylic acids is 1. The van der Waals surface area contributed by atoms with E-state index in [-0.39, 0.29) is 5.56 Å². The van der Waals surface area contributed by atoms with E-state index in [0.717, 1.165) is 5.56 Å². The first-order valence-electron chi connectivity index (χ1n) is 5.64. The highest BCUT2D eigenvalue weighted by Crippen LogP contribution is 2.22. The van der Waals surface area contributed by atoms with Crippen molar-refractivity contribution >= 4 is 41.1 Å². The largest absolute Gasteiger partial charge is 0.478 e. The van der Waals surface area contributed by atoms with Crippen molar-refractivity contribution in [2.75, 3.05) is 5.43 Å². The molecule has 0 heterocycles. The van der Waals surface area contributed by atoms with Crippen molar-refractivity contribution in [1.29, 1.82) is 0 Å². The van der Waals surface area contributed by atoms with Crippen LogP contribution in [-0.4, -0.2) is 17.3 Å². The lowest BCUT2D eigenvalue weighted by atomic mass is 10.2. The van der Waals surface area contributed by atoms with Crippen LogP contribution in [0.5, 0.6) is 0 Å². The first kappa shape index (κ1) is 14.4. The van der Waals surface area contributed by atoms with Gasteiger partial charge in [-0.3, -0.25) is 5.43 Å². The molecule has 0 radical (unpaired) electrons. The number of hydrazone groups is 1.